The molecule has 0 unspecified atom stereocenters. The summed E-state index contributed by atoms with van der Waals surface area (Å²) in [7, 11) is 0. The summed E-state index contributed by atoms with van der Waals surface area (Å²) in [4.78, 5) is 12.6. The number of primary amides is 1. The van der Waals surface area contributed by atoms with Crippen molar-refractivity contribution in [1.82, 2.24) is 15.1 Å². The summed E-state index contributed by atoms with van der Waals surface area (Å²) < 4.78 is 0. The van der Waals surface area contributed by atoms with E-state index in [9.17, 15) is 4.79 Å². The van der Waals surface area contributed by atoms with Gasteiger partial charge in [-0.1, -0.05) is 0 Å². The van der Waals surface area contributed by atoms with Crippen molar-refractivity contribution in [3.8, 4) is 0 Å². The Morgan fingerprint density at radius 1 is 1.60 bits per heavy atom. The quantitative estimate of drug-likeness (QED) is 0.657. The third kappa shape index (κ3) is 2.39. The first-order valence-corrected chi connectivity index (χ1v) is 5.05. The van der Waals surface area contributed by atoms with E-state index in [1.165, 1.54) is 0 Å². The molecular formula is C9H15N5O. The Labute approximate surface area is 87.8 Å². The number of piperidine rings is 1. The van der Waals surface area contributed by atoms with Crippen molar-refractivity contribution >= 4 is 11.7 Å². The maximum Gasteiger partial charge on any atom is 0.314 e. The van der Waals surface area contributed by atoms with Gasteiger partial charge in [0.25, 0.3) is 0 Å². The zero-order chi connectivity index (χ0) is 10.7. The smallest absolute Gasteiger partial charge is 0.314 e. The lowest BCUT2D eigenvalue weighted by molar-refractivity contribution is 0.193. The van der Waals surface area contributed by atoms with Crippen LogP contribution in [0.15, 0.2) is 12.4 Å². The molecule has 0 bridgehead atoms. The third-order valence-electron chi connectivity index (χ3n) is 2.68. The minimum atomic E-state index is -0.322. The molecule has 4 N–H and O–H groups in total. The number of amides is 2. The highest BCUT2D eigenvalue weighted by Gasteiger charge is 2.20. The molecule has 0 spiro atoms. The molecule has 2 amide bonds. The average molecular weight is 209 g/mol. The van der Waals surface area contributed by atoms with E-state index in [-0.39, 0.29) is 6.03 Å². The van der Waals surface area contributed by atoms with Crippen LogP contribution in [0.3, 0.4) is 0 Å². The number of nitrogens with zero attached hydrogens (tertiary/aromatic N) is 2. The van der Waals surface area contributed by atoms with E-state index in [4.69, 9.17) is 5.73 Å². The molecule has 6 nitrogen and oxygen atoms in total. The number of aromatic amines is 1. The van der Waals surface area contributed by atoms with Crippen molar-refractivity contribution in [1.29, 1.82) is 0 Å². The molecule has 2 heterocycles. The van der Waals surface area contributed by atoms with Gasteiger partial charge >= 0.3 is 6.03 Å². The summed E-state index contributed by atoms with van der Waals surface area (Å²) in [6.07, 6.45) is 5.42. The third-order valence-corrected chi connectivity index (χ3v) is 2.68. The molecule has 82 valence electrons. The van der Waals surface area contributed by atoms with E-state index < -0.39 is 0 Å². The van der Waals surface area contributed by atoms with Crippen molar-refractivity contribution in [3.05, 3.63) is 12.4 Å². The average Bonchev–Trinajstić information content (AvgIpc) is 2.71. The Hall–Kier alpha value is -1.72. The molecule has 0 saturated carbocycles. The first kappa shape index (κ1) is 9.82. The number of H-pyrrole nitrogens is 1. The number of anilines is 1. The highest BCUT2D eigenvalue weighted by molar-refractivity contribution is 5.72. The van der Waals surface area contributed by atoms with Crippen molar-refractivity contribution in [2.75, 3.05) is 18.4 Å². The number of hydrogen-bond acceptors (Lipinski definition) is 3. The molecule has 1 aromatic rings. The topological polar surface area (TPSA) is 87.0 Å². The second-order valence-electron chi connectivity index (χ2n) is 3.73. The van der Waals surface area contributed by atoms with Crippen LogP contribution in [0.25, 0.3) is 0 Å². The predicted molar refractivity (Wildman–Crippen MR) is 56.4 cm³/mol. The SMILES string of the molecule is NC(=O)N1CCC(Nc2cn[nH]c2)CC1. The van der Waals surface area contributed by atoms with E-state index in [1.807, 2.05) is 6.20 Å². The summed E-state index contributed by atoms with van der Waals surface area (Å²) in [5.74, 6) is 0. The van der Waals surface area contributed by atoms with E-state index in [1.54, 1.807) is 11.1 Å². The zero-order valence-corrected chi connectivity index (χ0v) is 8.44. The highest BCUT2D eigenvalue weighted by Crippen LogP contribution is 2.14. The van der Waals surface area contributed by atoms with Gasteiger partial charge in [0.2, 0.25) is 0 Å². The summed E-state index contributed by atoms with van der Waals surface area (Å²) in [5.41, 5.74) is 6.19. The molecular weight excluding hydrogens is 194 g/mol. The molecule has 0 aliphatic carbocycles. The number of aromatic nitrogens is 2. The first-order valence-electron chi connectivity index (χ1n) is 5.05. The molecule has 1 saturated heterocycles. The van der Waals surface area contributed by atoms with Gasteiger partial charge in [0, 0.05) is 25.3 Å². The Balaban J connectivity index is 1.81. The van der Waals surface area contributed by atoms with Gasteiger partial charge < -0.3 is 16.0 Å². The molecule has 2 rings (SSSR count). The summed E-state index contributed by atoms with van der Waals surface area (Å²) in [6.45, 7) is 1.45. The largest absolute Gasteiger partial charge is 0.380 e. The monoisotopic (exact) mass is 209 g/mol. The molecule has 1 fully saturated rings. The standard InChI is InChI=1S/C9H15N5O/c10-9(15)14-3-1-7(2-4-14)13-8-5-11-12-6-8/h5-7,13H,1-4H2,(H2,10,15)(H,11,12). The van der Waals surface area contributed by atoms with Crippen LogP contribution < -0.4 is 11.1 Å². The molecule has 1 aliphatic rings. The van der Waals surface area contributed by atoms with Crippen molar-refractivity contribution in [2.45, 2.75) is 18.9 Å². The fraction of sp³-hybridized carbons (Fsp3) is 0.556. The summed E-state index contributed by atoms with van der Waals surface area (Å²) >= 11 is 0. The first-order chi connectivity index (χ1) is 7.25. The van der Waals surface area contributed by atoms with Crippen LogP contribution in [-0.2, 0) is 0 Å². The molecule has 0 aromatic carbocycles. The van der Waals surface area contributed by atoms with Crippen molar-refractivity contribution in [3.63, 3.8) is 0 Å². The van der Waals surface area contributed by atoms with Gasteiger partial charge in [-0.15, -0.1) is 0 Å². The lowest BCUT2D eigenvalue weighted by Crippen LogP contribution is -2.44. The number of likely N-dealkylation sites (tertiary alicyclic amines) is 1. The second kappa shape index (κ2) is 4.20. The molecule has 0 radical (unpaired) electrons. The molecule has 0 atom stereocenters. The van der Waals surface area contributed by atoms with Gasteiger partial charge in [-0.3, -0.25) is 5.10 Å². The number of carbonyl (C=O) groups is 1. The van der Waals surface area contributed by atoms with Gasteiger partial charge in [0.05, 0.1) is 11.9 Å². The maximum absolute atomic E-state index is 10.9. The fourth-order valence-corrected chi connectivity index (χ4v) is 1.81. The van der Waals surface area contributed by atoms with Crippen LogP contribution in [0.2, 0.25) is 0 Å². The van der Waals surface area contributed by atoms with Crippen LogP contribution in [0.4, 0.5) is 10.5 Å². The minimum absolute atomic E-state index is 0.322. The summed E-state index contributed by atoms with van der Waals surface area (Å²) in [6, 6.07) is 0.0787. The van der Waals surface area contributed by atoms with E-state index in [0.29, 0.717) is 6.04 Å². The van der Waals surface area contributed by atoms with Crippen LogP contribution in [0.1, 0.15) is 12.8 Å². The van der Waals surface area contributed by atoms with E-state index in [0.717, 1.165) is 31.6 Å². The summed E-state index contributed by atoms with van der Waals surface area (Å²) in [5, 5.41) is 9.96. The molecule has 15 heavy (non-hydrogen) atoms. The Morgan fingerprint density at radius 2 is 2.33 bits per heavy atom. The van der Waals surface area contributed by atoms with Gasteiger partial charge in [0.1, 0.15) is 0 Å². The van der Waals surface area contributed by atoms with Crippen molar-refractivity contribution < 1.29 is 4.79 Å². The minimum Gasteiger partial charge on any atom is -0.380 e. The number of urea groups is 1. The van der Waals surface area contributed by atoms with Crippen LogP contribution >= 0.6 is 0 Å². The molecule has 1 aromatic heterocycles. The van der Waals surface area contributed by atoms with Crippen LogP contribution in [0.5, 0.6) is 0 Å². The van der Waals surface area contributed by atoms with Gasteiger partial charge in [-0.2, -0.15) is 5.10 Å². The number of nitrogens with one attached hydrogen (secondary N) is 2. The van der Waals surface area contributed by atoms with E-state index >= 15 is 0 Å². The van der Waals surface area contributed by atoms with Gasteiger partial charge in [0.15, 0.2) is 0 Å². The fourth-order valence-electron chi connectivity index (χ4n) is 1.81. The maximum atomic E-state index is 10.9. The Morgan fingerprint density at radius 3 is 2.87 bits per heavy atom. The predicted octanol–water partition coefficient (Wildman–Crippen LogP) is 0.365. The number of rotatable bonds is 2. The number of carbonyl (C=O) groups excluding carboxylic acids is 1. The molecule has 6 heteroatoms. The van der Waals surface area contributed by atoms with E-state index in [2.05, 4.69) is 15.5 Å². The molecule has 1 aliphatic heterocycles. The number of nitrogens with two attached hydrogens (primary N) is 1. The van der Waals surface area contributed by atoms with Crippen molar-refractivity contribution in [2.24, 2.45) is 5.73 Å². The lowest BCUT2D eigenvalue weighted by atomic mass is 10.1. The van der Waals surface area contributed by atoms with Crippen LogP contribution in [-0.4, -0.2) is 40.3 Å². The Bertz CT molecular complexity index is 315. The van der Waals surface area contributed by atoms with Gasteiger partial charge in [-0.05, 0) is 12.8 Å². The van der Waals surface area contributed by atoms with Crippen LogP contribution in [0, 0.1) is 0 Å². The zero-order valence-electron chi connectivity index (χ0n) is 8.44. The lowest BCUT2D eigenvalue weighted by Gasteiger charge is -2.31. The normalized spacial score (nSPS) is 17.7. The highest BCUT2D eigenvalue weighted by atomic mass is 16.2. The Kier molecular flexibility index (Phi) is 2.75. The van der Waals surface area contributed by atoms with Gasteiger partial charge in [-0.25, -0.2) is 4.79 Å². The number of hydrogen-bond donors (Lipinski definition) is 3. The second-order valence-corrected chi connectivity index (χ2v) is 3.73.